The van der Waals surface area contributed by atoms with Crippen LogP contribution >= 0.6 is 11.3 Å². The first-order valence-electron chi connectivity index (χ1n) is 7.40. The number of hydrogen-bond acceptors (Lipinski definition) is 4. The van der Waals surface area contributed by atoms with Gasteiger partial charge in [0.2, 0.25) is 5.91 Å². The summed E-state index contributed by atoms with van der Waals surface area (Å²) in [6, 6.07) is 2.64. The molecule has 0 aromatic carbocycles. The Morgan fingerprint density at radius 3 is 2.80 bits per heavy atom. The second-order valence-electron chi connectivity index (χ2n) is 5.43. The third kappa shape index (κ3) is 4.30. The monoisotopic (exact) mass is 295 g/mol. The molecule has 0 atom stereocenters. The number of piperidine rings is 1. The number of thiophene rings is 1. The van der Waals surface area contributed by atoms with Crippen LogP contribution in [0.3, 0.4) is 0 Å². The van der Waals surface area contributed by atoms with Crippen LogP contribution in [0.2, 0.25) is 0 Å². The van der Waals surface area contributed by atoms with E-state index in [0.29, 0.717) is 19.1 Å². The zero-order valence-corrected chi connectivity index (χ0v) is 13.3. The maximum atomic E-state index is 12.4. The van der Waals surface area contributed by atoms with Crippen molar-refractivity contribution in [3.63, 3.8) is 0 Å². The summed E-state index contributed by atoms with van der Waals surface area (Å²) in [5.41, 5.74) is 1.22. The van der Waals surface area contributed by atoms with Crippen LogP contribution in [0.4, 0.5) is 0 Å². The molecule has 1 saturated heterocycles. The fraction of sp³-hybridized carbons (Fsp3) is 0.667. The number of carbonyl (C=O) groups excluding carboxylic acids is 1. The summed E-state index contributed by atoms with van der Waals surface area (Å²) in [5, 5.41) is 7.54. The van der Waals surface area contributed by atoms with Crippen molar-refractivity contribution in [3.8, 4) is 0 Å². The van der Waals surface area contributed by atoms with E-state index in [-0.39, 0.29) is 5.91 Å². The molecule has 20 heavy (non-hydrogen) atoms. The molecule has 0 bridgehead atoms. The first-order chi connectivity index (χ1) is 9.70. The SMILES string of the molecule is CCN(CC(=O)N(C)Cc1ccsc1)C1CCNCC1. The molecule has 2 rings (SSSR count). The molecule has 1 fully saturated rings. The van der Waals surface area contributed by atoms with Crippen molar-refractivity contribution in [1.82, 2.24) is 15.1 Å². The molecule has 0 saturated carbocycles. The largest absolute Gasteiger partial charge is 0.340 e. The van der Waals surface area contributed by atoms with E-state index < -0.39 is 0 Å². The van der Waals surface area contributed by atoms with E-state index in [1.54, 1.807) is 11.3 Å². The van der Waals surface area contributed by atoms with Gasteiger partial charge < -0.3 is 10.2 Å². The molecule has 1 aromatic heterocycles. The lowest BCUT2D eigenvalue weighted by atomic mass is 10.0. The Kier molecular flexibility index (Phi) is 6.01. The van der Waals surface area contributed by atoms with E-state index in [0.717, 1.165) is 32.5 Å². The normalized spacial score (nSPS) is 16.6. The van der Waals surface area contributed by atoms with Crippen LogP contribution in [0.15, 0.2) is 16.8 Å². The van der Waals surface area contributed by atoms with Crippen molar-refractivity contribution < 1.29 is 4.79 Å². The number of nitrogens with one attached hydrogen (secondary N) is 1. The molecular weight excluding hydrogens is 270 g/mol. The minimum absolute atomic E-state index is 0.219. The highest BCUT2D eigenvalue weighted by molar-refractivity contribution is 7.07. The molecule has 0 aliphatic carbocycles. The fourth-order valence-electron chi connectivity index (χ4n) is 2.71. The minimum atomic E-state index is 0.219. The summed E-state index contributed by atoms with van der Waals surface area (Å²) in [6.45, 7) is 6.49. The molecule has 1 N–H and O–H groups in total. The summed E-state index contributed by atoms with van der Waals surface area (Å²) in [4.78, 5) is 16.5. The maximum absolute atomic E-state index is 12.4. The third-order valence-corrected chi connectivity index (χ3v) is 4.73. The van der Waals surface area contributed by atoms with Gasteiger partial charge in [0.25, 0.3) is 0 Å². The molecule has 0 radical (unpaired) electrons. The first kappa shape index (κ1) is 15.5. The Labute approximate surface area is 125 Å². The standard InChI is InChI=1S/C15H25N3OS/c1-3-18(14-4-7-16-8-5-14)11-15(19)17(2)10-13-6-9-20-12-13/h6,9,12,14,16H,3-5,7-8,10-11H2,1-2H3. The average Bonchev–Trinajstić information content (AvgIpc) is 2.98. The lowest BCUT2D eigenvalue weighted by Gasteiger charge is -2.34. The van der Waals surface area contributed by atoms with Gasteiger partial charge in [0, 0.05) is 19.6 Å². The van der Waals surface area contributed by atoms with Gasteiger partial charge in [-0.1, -0.05) is 6.92 Å². The van der Waals surface area contributed by atoms with Gasteiger partial charge in [-0.05, 0) is 54.9 Å². The van der Waals surface area contributed by atoms with Gasteiger partial charge >= 0.3 is 0 Å². The molecule has 4 nitrogen and oxygen atoms in total. The van der Waals surface area contributed by atoms with Crippen molar-refractivity contribution in [2.75, 3.05) is 33.2 Å². The predicted molar refractivity (Wildman–Crippen MR) is 83.9 cm³/mol. The van der Waals surface area contributed by atoms with E-state index >= 15 is 0 Å². The number of likely N-dealkylation sites (N-methyl/N-ethyl adjacent to an activating group) is 2. The summed E-state index contributed by atoms with van der Waals surface area (Å²) >= 11 is 1.68. The number of amides is 1. The van der Waals surface area contributed by atoms with E-state index in [4.69, 9.17) is 0 Å². The van der Waals surface area contributed by atoms with Gasteiger partial charge in [0.15, 0.2) is 0 Å². The van der Waals surface area contributed by atoms with E-state index in [1.807, 2.05) is 11.9 Å². The van der Waals surface area contributed by atoms with Crippen LogP contribution in [-0.4, -0.2) is 55.0 Å². The van der Waals surface area contributed by atoms with Crippen LogP contribution in [0.25, 0.3) is 0 Å². The molecule has 112 valence electrons. The Balaban J connectivity index is 1.84. The molecule has 0 unspecified atom stereocenters. The highest BCUT2D eigenvalue weighted by Gasteiger charge is 2.22. The quantitative estimate of drug-likeness (QED) is 0.869. The van der Waals surface area contributed by atoms with Gasteiger partial charge in [-0.15, -0.1) is 0 Å². The predicted octanol–water partition coefficient (Wildman–Crippen LogP) is 1.78. The molecule has 1 amide bonds. The molecule has 2 heterocycles. The van der Waals surface area contributed by atoms with Crippen LogP contribution < -0.4 is 5.32 Å². The van der Waals surface area contributed by atoms with E-state index in [1.165, 1.54) is 5.56 Å². The zero-order chi connectivity index (χ0) is 14.4. The fourth-order valence-corrected chi connectivity index (χ4v) is 3.37. The number of nitrogens with zero attached hydrogens (tertiary/aromatic N) is 2. The van der Waals surface area contributed by atoms with Crippen molar-refractivity contribution in [3.05, 3.63) is 22.4 Å². The third-order valence-electron chi connectivity index (χ3n) is 4.00. The summed E-state index contributed by atoms with van der Waals surface area (Å²) < 4.78 is 0. The van der Waals surface area contributed by atoms with Crippen molar-refractivity contribution in [1.29, 1.82) is 0 Å². The molecule has 1 aliphatic rings. The first-order valence-corrected chi connectivity index (χ1v) is 8.34. The van der Waals surface area contributed by atoms with Gasteiger partial charge in [0.1, 0.15) is 0 Å². The second kappa shape index (κ2) is 7.76. The second-order valence-corrected chi connectivity index (χ2v) is 6.21. The number of rotatable bonds is 6. The molecule has 5 heteroatoms. The summed E-state index contributed by atoms with van der Waals surface area (Å²) in [5.74, 6) is 0.219. The van der Waals surface area contributed by atoms with Gasteiger partial charge in [-0.2, -0.15) is 11.3 Å². The topological polar surface area (TPSA) is 35.6 Å². The molecule has 1 aromatic rings. The lowest BCUT2D eigenvalue weighted by Crippen LogP contribution is -2.47. The molecular formula is C15H25N3OS. The van der Waals surface area contributed by atoms with Gasteiger partial charge in [0.05, 0.1) is 6.54 Å². The Hall–Kier alpha value is -0.910. The van der Waals surface area contributed by atoms with Crippen LogP contribution in [0.1, 0.15) is 25.3 Å². The van der Waals surface area contributed by atoms with Crippen LogP contribution in [0.5, 0.6) is 0 Å². The van der Waals surface area contributed by atoms with E-state index in [2.05, 4.69) is 34.0 Å². The van der Waals surface area contributed by atoms with Crippen molar-refractivity contribution in [2.45, 2.75) is 32.4 Å². The van der Waals surface area contributed by atoms with E-state index in [9.17, 15) is 4.79 Å². The Morgan fingerprint density at radius 2 is 2.20 bits per heavy atom. The Bertz CT molecular complexity index is 401. The highest BCUT2D eigenvalue weighted by Crippen LogP contribution is 2.13. The molecule has 1 aliphatic heterocycles. The van der Waals surface area contributed by atoms with Crippen molar-refractivity contribution >= 4 is 17.2 Å². The lowest BCUT2D eigenvalue weighted by molar-refractivity contribution is -0.132. The highest BCUT2D eigenvalue weighted by atomic mass is 32.1. The smallest absolute Gasteiger partial charge is 0.236 e. The van der Waals surface area contributed by atoms with Crippen LogP contribution in [0, 0.1) is 0 Å². The minimum Gasteiger partial charge on any atom is -0.340 e. The van der Waals surface area contributed by atoms with Crippen molar-refractivity contribution in [2.24, 2.45) is 0 Å². The Morgan fingerprint density at radius 1 is 1.45 bits per heavy atom. The average molecular weight is 295 g/mol. The summed E-state index contributed by atoms with van der Waals surface area (Å²) in [6.07, 6.45) is 2.30. The van der Waals surface area contributed by atoms with Gasteiger partial charge in [-0.3, -0.25) is 9.69 Å². The zero-order valence-electron chi connectivity index (χ0n) is 12.5. The number of hydrogen-bond donors (Lipinski definition) is 1. The maximum Gasteiger partial charge on any atom is 0.236 e. The summed E-state index contributed by atoms with van der Waals surface area (Å²) in [7, 11) is 1.90. The van der Waals surface area contributed by atoms with Gasteiger partial charge in [-0.25, -0.2) is 0 Å². The molecule has 0 spiro atoms. The van der Waals surface area contributed by atoms with Crippen LogP contribution in [-0.2, 0) is 11.3 Å². The number of carbonyl (C=O) groups is 1.